The molecule has 1 aromatic heterocycles. The topological polar surface area (TPSA) is 76.0 Å². The van der Waals surface area contributed by atoms with Crippen LogP contribution >= 0.6 is 0 Å². The van der Waals surface area contributed by atoms with Gasteiger partial charge in [-0.1, -0.05) is 6.92 Å². The molecular formula is C21H36N6O. The molecule has 28 heavy (non-hydrogen) atoms. The minimum absolute atomic E-state index is 0.132. The number of pyridine rings is 1. The lowest BCUT2D eigenvalue weighted by molar-refractivity contribution is 0.120. The lowest BCUT2D eigenvalue weighted by Gasteiger charge is -2.34. The molecule has 2 aliphatic rings. The highest BCUT2D eigenvalue weighted by Gasteiger charge is 2.20. The number of aromatic nitrogens is 1. The summed E-state index contributed by atoms with van der Waals surface area (Å²) in [5, 5.41) is 16.6. The molecular weight excluding hydrogens is 352 g/mol. The smallest absolute Gasteiger partial charge is 0.191 e. The summed E-state index contributed by atoms with van der Waals surface area (Å²) in [6.45, 7) is 11.2. The fraction of sp³-hybridized carbons (Fsp3) is 0.714. The fourth-order valence-electron chi connectivity index (χ4n) is 3.93. The van der Waals surface area contributed by atoms with Crippen molar-refractivity contribution in [2.24, 2.45) is 4.99 Å². The van der Waals surface area contributed by atoms with E-state index in [1.807, 2.05) is 6.20 Å². The van der Waals surface area contributed by atoms with Crippen molar-refractivity contribution in [3.05, 3.63) is 23.9 Å². The lowest BCUT2D eigenvalue weighted by Crippen LogP contribution is -2.46. The molecule has 1 aliphatic heterocycles. The van der Waals surface area contributed by atoms with Crippen LogP contribution in [0.5, 0.6) is 0 Å². The molecule has 2 fully saturated rings. The largest absolute Gasteiger partial charge is 0.393 e. The molecule has 1 aliphatic carbocycles. The first-order valence-corrected chi connectivity index (χ1v) is 10.8. The Kier molecular flexibility index (Phi) is 7.91. The average molecular weight is 389 g/mol. The van der Waals surface area contributed by atoms with Crippen molar-refractivity contribution in [1.82, 2.24) is 20.5 Å². The summed E-state index contributed by atoms with van der Waals surface area (Å²) in [5.74, 6) is 1.92. The van der Waals surface area contributed by atoms with Crippen molar-refractivity contribution in [3.63, 3.8) is 0 Å². The predicted molar refractivity (Wildman–Crippen MR) is 115 cm³/mol. The summed E-state index contributed by atoms with van der Waals surface area (Å²) < 4.78 is 0. The van der Waals surface area contributed by atoms with E-state index in [1.165, 1.54) is 5.56 Å². The van der Waals surface area contributed by atoms with Gasteiger partial charge in [0, 0.05) is 45.0 Å². The van der Waals surface area contributed by atoms with Crippen LogP contribution in [0.4, 0.5) is 5.82 Å². The van der Waals surface area contributed by atoms with Gasteiger partial charge in [-0.15, -0.1) is 0 Å². The van der Waals surface area contributed by atoms with E-state index >= 15 is 0 Å². The zero-order chi connectivity index (χ0) is 19.8. The van der Waals surface area contributed by atoms with Crippen molar-refractivity contribution in [3.8, 4) is 0 Å². The number of aliphatic imine (C=N–C) groups is 1. The maximum Gasteiger partial charge on any atom is 0.191 e. The Hall–Kier alpha value is -1.86. The number of aliphatic hydroxyl groups is 1. The maximum atomic E-state index is 9.69. The molecule has 0 amide bonds. The first-order valence-electron chi connectivity index (χ1n) is 10.8. The normalized spacial score (nSPS) is 24.2. The number of aliphatic hydroxyl groups excluding tert-OH is 1. The quantitative estimate of drug-likeness (QED) is 0.507. The molecule has 3 rings (SSSR count). The predicted octanol–water partition coefficient (Wildman–Crippen LogP) is 1.58. The van der Waals surface area contributed by atoms with Gasteiger partial charge in [0.05, 0.1) is 12.6 Å². The Morgan fingerprint density at radius 2 is 1.93 bits per heavy atom. The first kappa shape index (κ1) is 20.9. The minimum Gasteiger partial charge on any atom is -0.393 e. The van der Waals surface area contributed by atoms with Gasteiger partial charge >= 0.3 is 0 Å². The Bertz CT molecular complexity index is 621. The Morgan fingerprint density at radius 1 is 1.18 bits per heavy atom. The molecule has 0 bridgehead atoms. The SMILES string of the molecule is CCNC(=NCc1ccnc(N2CCN(CC)CC2)c1)NC1CCC(O)CC1. The van der Waals surface area contributed by atoms with Crippen molar-refractivity contribution in [1.29, 1.82) is 0 Å². The summed E-state index contributed by atoms with van der Waals surface area (Å²) in [6, 6.07) is 4.62. The van der Waals surface area contributed by atoms with Crippen molar-refractivity contribution in [2.75, 3.05) is 44.2 Å². The number of likely N-dealkylation sites (N-methyl/N-ethyl adjacent to an activating group) is 1. The average Bonchev–Trinajstić information content (AvgIpc) is 2.74. The number of hydrogen-bond donors (Lipinski definition) is 3. The third-order valence-electron chi connectivity index (χ3n) is 5.75. The number of guanidine groups is 1. The standard InChI is InChI=1S/C21H36N6O/c1-3-22-21(25-18-5-7-19(28)8-6-18)24-16-17-9-10-23-20(15-17)27-13-11-26(4-2)12-14-27/h9-10,15,18-19,28H,3-8,11-14,16H2,1-2H3,(H2,22,24,25). The second kappa shape index (κ2) is 10.6. The van der Waals surface area contributed by atoms with E-state index in [0.717, 1.165) is 76.7 Å². The van der Waals surface area contributed by atoms with Gasteiger partial charge in [-0.25, -0.2) is 9.98 Å². The molecule has 1 saturated heterocycles. The van der Waals surface area contributed by atoms with E-state index < -0.39 is 0 Å². The molecule has 0 spiro atoms. The Labute approximate surface area is 169 Å². The lowest BCUT2D eigenvalue weighted by atomic mass is 9.93. The summed E-state index contributed by atoms with van der Waals surface area (Å²) >= 11 is 0. The van der Waals surface area contributed by atoms with Gasteiger partial charge in [-0.05, 0) is 56.8 Å². The highest BCUT2D eigenvalue weighted by molar-refractivity contribution is 5.80. The third kappa shape index (κ3) is 6.07. The number of nitrogens with one attached hydrogen (secondary N) is 2. The summed E-state index contributed by atoms with van der Waals surface area (Å²) in [5.41, 5.74) is 1.18. The molecule has 0 radical (unpaired) electrons. The molecule has 7 heteroatoms. The zero-order valence-corrected chi connectivity index (χ0v) is 17.4. The van der Waals surface area contributed by atoms with Crippen molar-refractivity contribution in [2.45, 2.75) is 58.2 Å². The van der Waals surface area contributed by atoms with Crippen molar-refractivity contribution < 1.29 is 5.11 Å². The van der Waals surface area contributed by atoms with Crippen LogP contribution in [0, 0.1) is 0 Å². The molecule has 2 heterocycles. The van der Waals surface area contributed by atoms with E-state index in [0.29, 0.717) is 12.6 Å². The zero-order valence-electron chi connectivity index (χ0n) is 17.4. The summed E-state index contributed by atoms with van der Waals surface area (Å²) in [6.07, 6.45) is 5.50. The van der Waals surface area contributed by atoms with Crippen LogP contribution in [0.2, 0.25) is 0 Å². The minimum atomic E-state index is -0.132. The number of hydrogen-bond acceptors (Lipinski definition) is 5. The molecule has 1 saturated carbocycles. The molecule has 0 unspecified atom stereocenters. The third-order valence-corrected chi connectivity index (χ3v) is 5.75. The van der Waals surface area contributed by atoms with Crippen molar-refractivity contribution >= 4 is 11.8 Å². The second-order valence-corrected chi connectivity index (χ2v) is 7.79. The van der Waals surface area contributed by atoms with Gasteiger partial charge < -0.3 is 25.5 Å². The summed E-state index contributed by atoms with van der Waals surface area (Å²) in [7, 11) is 0. The van der Waals surface area contributed by atoms with Crippen LogP contribution in [0.3, 0.4) is 0 Å². The Balaban J connectivity index is 1.58. The van der Waals surface area contributed by atoms with Gasteiger partial charge in [0.2, 0.25) is 0 Å². The van der Waals surface area contributed by atoms with Gasteiger partial charge in [-0.3, -0.25) is 0 Å². The van der Waals surface area contributed by atoms with Crippen LogP contribution in [-0.4, -0.2) is 72.4 Å². The van der Waals surface area contributed by atoms with Crippen LogP contribution < -0.4 is 15.5 Å². The van der Waals surface area contributed by atoms with E-state index in [4.69, 9.17) is 4.99 Å². The number of rotatable bonds is 6. The first-order chi connectivity index (χ1) is 13.7. The second-order valence-electron chi connectivity index (χ2n) is 7.79. The molecule has 1 aromatic rings. The van der Waals surface area contributed by atoms with E-state index in [1.54, 1.807) is 0 Å². The van der Waals surface area contributed by atoms with Crippen LogP contribution in [0.25, 0.3) is 0 Å². The van der Waals surface area contributed by atoms with E-state index in [-0.39, 0.29) is 6.10 Å². The molecule has 0 aromatic carbocycles. The highest BCUT2D eigenvalue weighted by atomic mass is 16.3. The number of piperazine rings is 1. The monoisotopic (exact) mass is 388 g/mol. The van der Waals surface area contributed by atoms with Gasteiger partial charge in [-0.2, -0.15) is 0 Å². The maximum absolute atomic E-state index is 9.69. The Morgan fingerprint density at radius 3 is 2.61 bits per heavy atom. The van der Waals surface area contributed by atoms with Crippen LogP contribution in [0.15, 0.2) is 23.3 Å². The van der Waals surface area contributed by atoms with Gasteiger partial charge in [0.25, 0.3) is 0 Å². The molecule has 3 N–H and O–H groups in total. The summed E-state index contributed by atoms with van der Waals surface area (Å²) in [4.78, 5) is 14.2. The van der Waals surface area contributed by atoms with Crippen LogP contribution in [-0.2, 0) is 6.54 Å². The fourth-order valence-corrected chi connectivity index (χ4v) is 3.93. The molecule has 7 nitrogen and oxygen atoms in total. The number of anilines is 1. The highest BCUT2D eigenvalue weighted by Crippen LogP contribution is 2.18. The van der Waals surface area contributed by atoms with Crippen LogP contribution in [0.1, 0.15) is 45.1 Å². The van der Waals surface area contributed by atoms with Gasteiger partial charge in [0.15, 0.2) is 5.96 Å². The van der Waals surface area contributed by atoms with E-state index in [2.05, 4.69) is 51.4 Å². The molecule has 0 atom stereocenters. The van der Waals surface area contributed by atoms with Gasteiger partial charge in [0.1, 0.15) is 5.82 Å². The molecule has 156 valence electrons. The number of nitrogens with zero attached hydrogens (tertiary/aromatic N) is 4. The van der Waals surface area contributed by atoms with E-state index in [9.17, 15) is 5.11 Å².